The highest BCUT2D eigenvalue weighted by Gasteiger charge is 2.21. The van der Waals surface area contributed by atoms with Crippen LogP contribution in [0.2, 0.25) is 0 Å². The van der Waals surface area contributed by atoms with Gasteiger partial charge in [0.05, 0.1) is 13.2 Å². The van der Waals surface area contributed by atoms with Gasteiger partial charge in [-0.05, 0) is 18.9 Å². The molecule has 120 valence electrons. The van der Waals surface area contributed by atoms with Gasteiger partial charge in [0.15, 0.2) is 5.88 Å². The van der Waals surface area contributed by atoms with Crippen LogP contribution in [0.4, 0.5) is 0 Å². The highest BCUT2D eigenvalue weighted by atomic mass is 16.5. The molecule has 0 unspecified atom stereocenters. The maximum atomic E-state index is 12.3. The fourth-order valence-electron chi connectivity index (χ4n) is 2.70. The van der Waals surface area contributed by atoms with Crippen LogP contribution < -0.4 is 5.56 Å². The van der Waals surface area contributed by atoms with Crippen LogP contribution in [0.1, 0.15) is 36.5 Å². The topological polar surface area (TPSA) is 78.5 Å². The Labute approximate surface area is 130 Å². The van der Waals surface area contributed by atoms with Crippen LogP contribution in [0.25, 0.3) is 0 Å². The van der Waals surface area contributed by atoms with E-state index >= 15 is 0 Å². The van der Waals surface area contributed by atoms with E-state index in [1.165, 1.54) is 4.57 Å². The van der Waals surface area contributed by atoms with Crippen molar-refractivity contribution < 1.29 is 9.84 Å². The summed E-state index contributed by atoms with van der Waals surface area (Å²) in [4.78, 5) is 14.5. The molecule has 0 atom stereocenters. The zero-order valence-corrected chi connectivity index (χ0v) is 13.3. The van der Waals surface area contributed by atoms with Crippen LogP contribution in [-0.2, 0) is 17.8 Å². The van der Waals surface area contributed by atoms with E-state index in [1.807, 2.05) is 13.0 Å². The minimum absolute atomic E-state index is 0.00134. The number of hydrogen-bond acceptors (Lipinski definition) is 5. The van der Waals surface area contributed by atoms with E-state index in [2.05, 4.69) is 4.90 Å². The van der Waals surface area contributed by atoms with E-state index < -0.39 is 5.56 Å². The average Bonchev–Trinajstić information content (AvgIpc) is 2.53. The van der Waals surface area contributed by atoms with Gasteiger partial charge in [0.1, 0.15) is 11.6 Å². The summed E-state index contributed by atoms with van der Waals surface area (Å²) < 4.78 is 6.67. The summed E-state index contributed by atoms with van der Waals surface area (Å²) in [5.74, 6) is 0.00134. The van der Waals surface area contributed by atoms with Gasteiger partial charge < -0.3 is 9.84 Å². The summed E-state index contributed by atoms with van der Waals surface area (Å²) in [6.45, 7) is 7.63. The average molecular weight is 305 g/mol. The molecule has 2 rings (SSSR count). The summed E-state index contributed by atoms with van der Waals surface area (Å²) in [5, 5.41) is 19.8. The number of rotatable bonds is 5. The maximum absolute atomic E-state index is 12.3. The second-order valence-electron chi connectivity index (χ2n) is 5.61. The molecular weight excluding hydrogens is 282 g/mol. The number of aromatic nitrogens is 1. The van der Waals surface area contributed by atoms with Crippen LogP contribution in [-0.4, -0.2) is 40.9 Å². The van der Waals surface area contributed by atoms with Gasteiger partial charge in [-0.25, -0.2) is 0 Å². The first kappa shape index (κ1) is 16.5. The SMILES string of the molecule is CCCCn1c(O)c(CN2CCOCC2)c(C)c(C#N)c1=O. The normalized spacial score (nSPS) is 15.7. The molecule has 2 heterocycles. The highest BCUT2D eigenvalue weighted by molar-refractivity contribution is 5.45. The summed E-state index contributed by atoms with van der Waals surface area (Å²) >= 11 is 0. The van der Waals surface area contributed by atoms with Crippen LogP contribution >= 0.6 is 0 Å². The molecule has 22 heavy (non-hydrogen) atoms. The van der Waals surface area contributed by atoms with E-state index in [9.17, 15) is 15.2 Å². The summed E-state index contributed by atoms with van der Waals surface area (Å²) in [7, 11) is 0. The molecule has 1 aliphatic rings. The van der Waals surface area contributed by atoms with Gasteiger partial charge >= 0.3 is 0 Å². The third-order valence-corrected chi connectivity index (χ3v) is 4.14. The van der Waals surface area contributed by atoms with Gasteiger partial charge in [-0.15, -0.1) is 0 Å². The molecule has 0 amide bonds. The Balaban J connectivity index is 2.42. The van der Waals surface area contributed by atoms with Crippen molar-refractivity contribution in [2.45, 2.75) is 39.8 Å². The smallest absolute Gasteiger partial charge is 0.271 e. The first-order valence-corrected chi connectivity index (χ1v) is 7.75. The third kappa shape index (κ3) is 3.32. The molecule has 0 bridgehead atoms. The fourth-order valence-corrected chi connectivity index (χ4v) is 2.70. The number of nitrogens with zero attached hydrogens (tertiary/aromatic N) is 3. The second kappa shape index (κ2) is 7.43. The minimum atomic E-state index is -0.392. The van der Waals surface area contributed by atoms with Crippen LogP contribution in [0, 0.1) is 18.3 Å². The van der Waals surface area contributed by atoms with E-state index in [0.29, 0.717) is 37.4 Å². The quantitative estimate of drug-likeness (QED) is 0.889. The van der Waals surface area contributed by atoms with E-state index in [1.54, 1.807) is 6.92 Å². The summed E-state index contributed by atoms with van der Waals surface area (Å²) in [6.07, 6.45) is 1.71. The van der Waals surface area contributed by atoms with Gasteiger partial charge in [0.2, 0.25) is 0 Å². The molecule has 0 aromatic carbocycles. The Morgan fingerprint density at radius 2 is 2.05 bits per heavy atom. The monoisotopic (exact) mass is 305 g/mol. The molecule has 1 N–H and O–H groups in total. The Bertz CT molecular complexity index is 625. The molecule has 1 fully saturated rings. The van der Waals surface area contributed by atoms with Gasteiger partial charge in [0.25, 0.3) is 5.56 Å². The lowest BCUT2D eigenvalue weighted by molar-refractivity contribution is 0.0336. The number of aromatic hydroxyl groups is 1. The molecule has 0 aliphatic carbocycles. The molecule has 0 spiro atoms. The van der Waals surface area contributed by atoms with Crippen molar-refractivity contribution >= 4 is 0 Å². The molecule has 1 aromatic rings. The van der Waals surface area contributed by atoms with Crippen LogP contribution in [0.15, 0.2) is 4.79 Å². The van der Waals surface area contributed by atoms with Crippen molar-refractivity contribution in [3.05, 3.63) is 27.0 Å². The Morgan fingerprint density at radius 1 is 1.36 bits per heavy atom. The lowest BCUT2D eigenvalue weighted by Gasteiger charge is -2.28. The maximum Gasteiger partial charge on any atom is 0.271 e. The van der Waals surface area contributed by atoms with Gasteiger partial charge in [-0.3, -0.25) is 14.3 Å². The molecule has 0 saturated carbocycles. The van der Waals surface area contributed by atoms with E-state index in [4.69, 9.17) is 4.74 Å². The Kier molecular flexibility index (Phi) is 5.58. The zero-order valence-electron chi connectivity index (χ0n) is 13.3. The molecule has 1 saturated heterocycles. The zero-order chi connectivity index (χ0) is 16.1. The fraction of sp³-hybridized carbons (Fsp3) is 0.625. The number of ether oxygens (including phenoxy) is 1. The largest absolute Gasteiger partial charge is 0.494 e. The molecule has 1 aromatic heterocycles. The molecule has 6 nitrogen and oxygen atoms in total. The number of unbranched alkanes of at least 4 members (excludes halogenated alkanes) is 1. The van der Waals surface area contributed by atoms with Crippen molar-refractivity contribution in [3.63, 3.8) is 0 Å². The predicted molar refractivity (Wildman–Crippen MR) is 82.8 cm³/mol. The molecule has 1 aliphatic heterocycles. The standard InChI is InChI=1S/C16H23N3O3/c1-3-4-5-19-15(20)13(10-17)12(2)14(16(19)21)11-18-6-8-22-9-7-18/h21H,3-9,11H2,1-2H3. The molecular formula is C16H23N3O3. The van der Waals surface area contributed by atoms with Gasteiger partial charge in [-0.1, -0.05) is 13.3 Å². The third-order valence-electron chi connectivity index (χ3n) is 4.14. The number of nitriles is 1. The predicted octanol–water partition coefficient (Wildman–Crippen LogP) is 1.37. The number of hydrogen-bond donors (Lipinski definition) is 1. The van der Waals surface area contributed by atoms with Crippen LogP contribution in [0.3, 0.4) is 0 Å². The van der Waals surface area contributed by atoms with Crippen molar-refractivity contribution in [2.24, 2.45) is 0 Å². The van der Waals surface area contributed by atoms with E-state index in [0.717, 1.165) is 25.9 Å². The van der Waals surface area contributed by atoms with Crippen LogP contribution in [0.5, 0.6) is 5.88 Å². The second-order valence-corrected chi connectivity index (χ2v) is 5.61. The summed E-state index contributed by atoms with van der Waals surface area (Å²) in [5.41, 5.74) is 1.01. The minimum Gasteiger partial charge on any atom is -0.494 e. The number of morpholine rings is 1. The van der Waals surface area contributed by atoms with Gasteiger partial charge in [-0.2, -0.15) is 5.26 Å². The van der Waals surface area contributed by atoms with Gasteiger partial charge in [0, 0.05) is 31.7 Å². The van der Waals surface area contributed by atoms with Crippen molar-refractivity contribution in [3.8, 4) is 11.9 Å². The molecule has 6 heteroatoms. The Morgan fingerprint density at radius 3 is 2.64 bits per heavy atom. The van der Waals surface area contributed by atoms with Crippen molar-refractivity contribution in [1.82, 2.24) is 9.47 Å². The van der Waals surface area contributed by atoms with Crippen molar-refractivity contribution in [2.75, 3.05) is 26.3 Å². The lowest BCUT2D eigenvalue weighted by atomic mass is 10.0. The molecule has 0 radical (unpaired) electrons. The van der Waals surface area contributed by atoms with E-state index in [-0.39, 0.29) is 11.4 Å². The first-order chi connectivity index (χ1) is 10.6. The lowest BCUT2D eigenvalue weighted by Crippen LogP contribution is -2.36. The first-order valence-electron chi connectivity index (χ1n) is 7.75. The van der Waals surface area contributed by atoms with Crippen molar-refractivity contribution in [1.29, 1.82) is 5.26 Å². The summed E-state index contributed by atoms with van der Waals surface area (Å²) in [6, 6.07) is 2.00. The highest BCUT2D eigenvalue weighted by Crippen LogP contribution is 2.24. The number of pyridine rings is 1. The Hall–Kier alpha value is -1.84.